The van der Waals surface area contributed by atoms with Gasteiger partial charge in [-0.3, -0.25) is 0 Å². The van der Waals surface area contributed by atoms with Crippen LogP contribution in [0, 0.1) is 11.8 Å². The van der Waals surface area contributed by atoms with E-state index in [1.54, 1.807) is 4.90 Å². The fraction of sp³-hybridized carbons (Fsp3) is 0.846. The van der Waals surface area contributed by atoms with Gasteiger partial charge in [-0.15, -0.1) is 0 Å². The fourth-order valence-electron chi connectivity index (χ4n) is 3.19. The average molecular weight is 270 g/mol. The maximum atomic E-state index is 12.0. The Kier molecular flexibility index (Phi) is 4.29. The predicted molar refractivity (Wildman–Crippen MR) is 68.7 cm³/mol. The number of carbonyl (C=O) groups excluding carboxylic acids is 1. The zero-order valence-electron chi connectivity index (χ0n) is 11.2. The highest BCUT2D eigenvalue weighted by Crippen LogP contribution is 2.37. The van der Waals surface area contributed by atoms with Gasteiger partial charge in [0.15, 0.2) is 0 Å². The summed E-state index contributed by atoms with van der Waals surface area (Å²) in [4.78, 5) is 24.7. The quantitative estimate of drug-likeness (QED) is 0.699. The largest absolute Gasteiger partial charge is 0.480 e. The minimum absolute atomic E-state index is 0.167. The number of aliphatic hydroxyl groups excluding tert-OH is 1. The lowest BCUT2D eigenvalue weighted by atomic mass is 10.00. The molecule has 0 radical (unpaired) electrons. The van der Waals surface area contributed by atoms with Gasteiger partial charge in [0, 0.05) is 19.0 Å². The molecule has 0 aromatic carbocycles. The molecule has 19 heavy (non-hydrogen) atoms. The van der Waals surface area contributed by atoms with Crippen molar-refractivity contribution < 1.29 is 19.8 Å². The molecule has 0 aromatic heterocycles. The van der Waals surface area contributed by atoms with Crippen LogP contribution in [0.25, 0.3) is 0 Å². The standard InChI is InChI=1S/C13H22N2O4/c1-2-3-10(12(17)18)14-13(19)15-6-8-4-5-11(16)9(8)7-15/h8-11,16H,2-7H2,1H3,(H,14,19)(H,17,18). The van der Waals surface area contributed by atoms with E-state index in [2.05, 4.69) is 5.32 Å². The molecule has 1 aliphatic carbocycles. The number of rotatable bonds is 4. The van der Waals surface area contributed by atoms with Crippen LogP contribution < -0.4 is 5.32 Å². The number of likely N-dealkylation sites (tertiary alicyclic amines) is 1. The summed E-state index contributed by atoms with van der Waals surface area (Å²) in [5.74, 6) is -0.454. The van der Waals surface area contributed by atoms with E-state index in [1.165, 1.54) is 0 Å². The maximum absolute atomic E-state index is 12.0. The molecule has 1 saturated carbocycles. The van der Waals surface area contributed by atoms with E-state index in [0.29, 0.717) is 31.8 Å². The molecule has 1 aliphatic heterocycles. The minimum Gasteiger partial charge on any atom is -0.480 e. The molecule has 2 aliphatic rings. The Morgan fingerprint density at radius 2 is 2.11 bits per heavy atom. The number of carboxylic acid groups (broad SMARTS) is 1. The van der Waals surface area contributed by atoms with Crippen LogP contribution in [0.4, 0.5) is 4.79 Å². The molecule has 0 aromatic rings. The molecule has 2 fully saturated rings. The Morgan fingerprint density at radius 1 is 1.37 bits per heavy atom. The molecule has 3 N–H and O–H groups in total. The van der Waals surface area contributed by atoms with Crippen molar-refractivity contribution in [2.45, 2.75) is 44.8 Å². The van der Waals surface area contributed by atoms with Crippen molar-refractivity contribution in [2.24, 2.45) is 11.8 Å². The summed E-state index contributed by atoms with van der Waals surface area (Å²) in [7, 11) is 0. The molecule has 0 spiro atoms. The van der Waals surface area contributed by atoms with Crippen molar-refractivity contribution in [1.82, 2.24) is 10.2 Å². The van der Waals surface area contributed by atoms with E-state index in [9.17, 15) is 14.7 Å². The first-order chi connectivity index (χ1) is 9.02. The maximum Gasteiger partial charge on any atom is 0.326 e. The molecule has 6 heteroatoms. The lowest BCUT2D eigenvalue weighted by Gasteiger charge is -2.22. The molecule has 2 amide bonds. The van der Waals surface area contributed by atoms with Crippen LogP contribution in [0.2, 0.25) is 0 Å². The normalized spacial score (nSPS) is 31.1. The van der Waals surface area contributed by atoms with Crippen LogP contribution in [-0.4, -0.2) is 52.3 Å². The Bertz CT molecular complexity index is 361. The van der Waals surface area contributed by atoms with E-state index in [4.69, 9.17) is 5.11 Å². The topological polar surface area (TPSA) is 89.9 Å². The van der Waals surface area contributed by atoms with E-state index in [0.717, 1.165) is 12.8 Å². The number of urea groups is 1. The molecule has 0 bridgehead atoms. The number of nitrogens with one attached hydrogen (secondary N) is 1. The number of carbonyl (C=O) groups is 2. The van der Waals surface area contributed by atoms with E-state index >= 15 is 0 Å². The van der Waals surface area contributed by atoms with Crippen molar-refractivity contribution in [2.75, 3.05) is 13.1 Å². The second kappa shape index (κ2) is 5.77. The van der Waals surface area contributed by atoms with E-state index in [1.807, 2.05) is 6.92 Å². The smallest absolute Gasteiger partial charge is 0.326 e. The summed E-state index contributed by atoms with van der Waals surface area (Å²) in [5, 5.41) is 21.4. The Balaban J connectivity index is 1.89. The molecule has 6 nitrogen and oxygen atoms in total. The lowest BCUT2D eigenvalue weighted by Crippen LogP contribution is -2.47. The van der Waals surface area contributed by atoms with Gasteiger partial charge in [-0.25, -0.2) is 9.59 Å². The zero-order chi connectivity index (χ0) is 14.0. The van der Waals surface area contributed by atoms with Gasteiger partial charge in [0.1, 0.15) is 6.04 Å². The first-order valence-corrected chi connectivity index (χ1v) is 6.99. The van der Waals surface area contributed by atoms with Crippen LogP contribution in [0.1, 0.15) is 32.6 Å². The molecule has 1 heterocycles. The van der Waals surface area contributed by atoms with Crippen molar-refractivity contribution in [3.05, 3.63) is 0 Å². The second-order valence-corrected chi connectivity index (χ2v) is 5.60. The average Bonchev–Trinajstić information content (AvgIpc) is 2.91. The first kappa shape index (κ1) is 14.1. The summed E-state index contributed by atoms with van der Waals surface area (Å²) >= 11 is 0. The number of aliphatic carboxylic acids is 1. The number of hydrogen-bond donors (Lipinski definition) is 3. The second-order valence-electron chi connectivity index (χ2n) is 5.60. The van der Waals surface area contributed by atoms with E-state index in [-0.39, 0.29) is 18.1 Å². The van der Waals surface area contributed by atoms with Gasteiger partial charge in [0.2, 0.25) is 0 Å². The van der Waals surface area contributed by atoms with Crippen LogP contribution >= 0.6 is 0 Å². The minimum atomic E-state index is -0.991. The molecular weight excluding hydrogens is 248 g/mol. The molecule has 4 unspecified atom stereocenters. The van der Waals surface area contributed by atoms with Crippen molar-refractivity contribution in [3.63, 3.8) is 0 Å². The molecule has 108 valence electrons. The predicted octanol–water partition coefficient (Wildman–Crippen LogP) is 0.652. The zero-order valence-corrected chi connectivity index (χ0v) is 11.2. The number of amides is 2. The van der Waals surface area contributed by atoms with Crippen molar-refractivity contribution >= 4 is 12.0 Å². The Labute approximate surface area is 112 Å². The highest BCUT2D eigenvalue weighted by Gasteiger charge is 2.43. The molecular formula is C13H22N2O4. The van der Waals surface area contributed by atoms with Crippen LogP contribution in [0.15, 0.2) is 0 Å². The van der Waals surface area contributed by atoms with Crippen LogP contribution in [-0.2, 0) is 4.79 Å². The Hall–Kier alpha value is -1.30. The van der Waals surface area contributed by atoms with Crippen molar-refractivity contribution in [1.29, 1.82) is 0 Å². The third-order valence-corrected chi connectivity index (χ3v) is 4.28. The van der Waals surface area contributed by atoms with Gasteiger partial charge in [0.25, 0.3) is 0 Å². The number of aliphatic hydroxyl groups is 1. The van der Waals surface area contributed by atoms with Gasteiger partial charge < -0.3 is 20.4 Å². The van der Waals surface area contributed by atoms with Crippen molar-refractivity contribution in [3.8, 4) is 0 Å². The van der Waals surface area contributed by atoms with Gasteiger partial charge in [-0.05, 0) is 25.2 Å². The number of fused-ring (bicyclic) bond motifs is 1. The molecule has 1 saturated heterocycles. The highest BCUT2D eigenvalue weighted by molar-refractivity contribution is 5.82. The lowest BCUT2D eigenvalue weighted by molar-refractivity contribution is -0.139. The van der Waals surface area contributed by atoms with Gasteiger partial charge in [-0.1, -0.05) is 13.3 Å². The molecule has 2 rings (SSSR count). The van der Waals surface area contributed by atoms with Crippen LogP contribution in [0.3, 0.4) is 0 Å². The first-order valence-electron chi connectivity index (χ1n) is 6.99. The highest BCUT2D eigenvalue weighted by atomic mass is 16.4. The molecule has 4 atom stereocenters. The number of hydrogen-bond acceptors (Lipinski definition) is 3. The van der Waals surface area contributed by atoms with Gasteiger partial charge in [-0.2, -0.15) is 0 Å². The van der Waals surface area contributed by atoms with Gasteiger partial charge in [0.05, 0.1) is 6.10 Å². The summed E-state index contributed by atoms with van der Waals surface area (Å²) in [6.07, 6.45) is 2.60. The summed E-state index contributed by atoms with van der Waals surface area (Å²) < 4.78 is 0. The van der Waals surface area contributed by atoms with Gasteiger partial charge >= 0.3 is 12.0 Å². The van der Waals surface area contributed by atoms with Crippen LogP contribution in [0.5, 0.6) is 0 Å². The Morgan fingerprint density at radius 3 is 2.68 bits per heavy atom. The third-order valence-electron chi connectivity index (χ3n) is 4.28. The summed E-state index contributed by atoms with van der Waals surface area (Å²) in [6, 6.07) is -1.13. The third kappa shape index (κ3) is 3.00. The summed E-state index contributed by atoms with van der Waals surface area (Å²) in [5.41, 5.74) is 0. The monoisotopic (exact) mass is 270 g/mol. The van der Waals surface area contributed by atoms with E-state index < -0.39 is 12.0 Å². The number of nitrogens with zero attached hydrogens (tertiary/aromatic N) is 1. The number of carboxylic acids is 1. The summed E-state index contributed by atoms with van der Waals surface area (Å²) in [6.45, 7) is 3.06. The fourth-order valence-corrected chi connectivity index (χ4v) is 3.19. The SMILES string of the molecule is CCCC(NC(=O)N1CC2CCC(O)C2C1)C(=O)O.